The topological polar surface area (TPSA) is 32.3 Å². The van der Waals surface area contributed by atoms with Crippen molar-refractivity contribution in [3.05, 3.63) is 57.8 Å². The summed E-state index contributed by atoms with van der Waals surface area (Å²) in [6.45, 7) is 0.621. The Morgan fingerprint density at radius 2 is 2.22 bits per heavy atom. The molecule has 0 fully saturated rings. The summed E-state index contributed by atoms with van der Waals surface area (Å²) in [5, 5.41) is 17.6. The van der Waals surface area contributed by atoms with Crippen LogP contribution in [0.3, 0.4) is 0 Å². The zero-order valence-electron chi connectivity index (χ0n) is 10.2. The lowest BCUT2D eigenvalue weighted by molar-refractivity contribution is 0.170. The predicted octanol–water partition coefficient (Wildman–Crippen LogP) is 3.06. The minimum atomic E-state index is -0.399. The minimum absolute atomic E-state index is 0.398. The quantitative estimate of drug-likeness (QED) is 0.884. The van der Waals surface area contributed by atoms with E-state index in [2.05, 4.69) is 29.6 Å². The molecule has 2 unspecified atom stereocenters. The van der Waals surface area contributed by atoms with E-state index in [1.807, 2.05) is 16.8 Å². The van der Waals surface area contributed by atoms with Crippen molar-refractivity contribution >= 4 is 11.3 Å². The van der Waals surface area contributed by atoms with Gasteiger partial charge in [-0.05, 0) is 46.4 Å². The fourth-order valence-electron chi connectivity index (χ4n) is 2.61. The van der Waals surface area contributed by atoms with E-state index in [-0.39, 0.29) is 0 Å². The van der Waals surface area contributed by atoms with Crippen LogP contribution in [0.5, 0.6) is 0 Å². The lowest BCUT2D eigenvalue weighted by Crippen LogP contribution is -2.24. The maximum atomic E-state index is 10.1. The van der Waals surface area contributed by atoms with Gasteiger partial charge in [0, 0.05) is 12.6 Å². The molecule has 0 aliphatic heterocycles. The Bertz CT molecular complexity index is 509. The monoisotopic (exact) mass is 259 g/mol. The van der Waals surface area contributed by atoms with Crippen LogP contribution in [0.25, 0.3) is 0 Å². The van der Waals surface area contributed by atoms with Gasteiger partial charge in [-0.1, -0.05) is 24.3 Å². The normalized spacial score (nSPS) is 19.7. The molecule has 18 heavy (non-hydrogen) atoms. The van der Waals surface area contributed by atoms with E-state index in [1.54, 1.807) is 11.3 Å². The largest absolute Gasteiger partial charge is 0.387 e. The van der Waals surface area contributed by atoms with Crippen molar-refractivity contribution in [2.45, 2.75) is 25.0 Å². The molecule has 0 saturated carbocycles. The molecule has 2 nitrogen and oxygen atoms in total. The molecule has 1 aliphatic carbocycles. The lowest BCUT2D eigenvalue weighted by atomic mass is 10.1. The molecule has 0 radical (unpaired) electrons. The van der Waals surface area contributed by atoms with E-state index in [0.29, 0.717) is 12.6 Å². The summed E-state index contributed by atoms with van der Waals surface area (Å²) in [5.41, 5.74) is 3.86. The summed E-state index contributed by atoms with van der Waals surface area (Å²) < 4.78 is 0. The lowest BCUT2D eigenvalue weighted by Gasteiger charge is -2.17. The molecule has 2 aromatic rings. The van der Waals surface area contributed by atoms with Gasteiger partial charge in [0.2, 0.25) is 0 Å². The van der Waals surface area contributed by atoms with Crippen LogP contribution in [0, 0.1) is 0 Å². The van der Waals surface area contributed by atoms with E-state index in [4.69, 9.17) is 0 Å². The van der Waals surface area contributed by atoms with Gasteiger partial charge in [0.15, 0.2) is 0 Å². The zero-order valence-corrected chi connectivity index (χ0v) is 11.0. The fraction of sp³-hybridized carbons (Fsp3) is 0.333. The highest BCUT2D eigenvalue weighted by Gasteiger charge is 2.22. The molecule has 1 heterocycles. The van der Waals surface area contributed by atoms with Gasteiger partial charge in [-0.25, -0.2) is 0 Å². The van der Waals surface area contributed by atoms with Crippen LogP contribution in [0.1, 0.15) is 35.3 Å². The number of hydrogen-bond acceptors (Lipinski definition) is 3. The Labute approximate surface area is 111 Å². The Morgan fingerprint density at radius 3 is 3.06 bits per heavy atom. The SMILES string of the molecule is OC(CNC1CCc2ccccc21)c1ccsc1. The molecule has 3 rings (SSSR count). The van der Waals surface area contributed by atoms with Crippen molar-refractivity contribution < 1.29 is 5.11 Å². The van der Waals surface area contributed by atoms with Crippen molar-refractivity contribution in [3.8, 4) is 0 Å². The minimum Gasteiger partial charge on any atom is -0.387 e. The Hall–Kier alpha value is -1.16. The van der Waals surface area contributed by atoms with E-state index in [1.165, 1.54) is 11.1 Å². The molecule has 3 heteroatoms. The molecule has 0 amide bonds. The summed E-state index contributed by atoms with van der Waals surface area (Å²) >= 11 is 1.63. The number of rotatable bonds is 4. The summed E-state index contributed by atoms with van der Waals surface area (Å²) in [6, 6.07) is 11.0. The molecule has 0 saturated heterocycles. The molecular weight excluding hydrogens is 242 g/mol. The Kier molecular flexibility index (Phi) is 3.46. The predicted molar refractivity (Wildman–Crippen MR) is 74.8 cm³/mol. The second kappa shape index (κ2) is 5.22. The summed E-state index contributed by atoms with van der Waals surface area (Å²) in [7, 11) is 0. The van der Waals surface area contributed by atoms with Gasteiger partial charge in [-0.2, -0.15) is 11.3 Å². The van der Waals surface area contributed by atoms with Crippen molar-refractivity contribution in [3.63, 3.8) is 0 Å². The average molecular weight is 259 g/mol. The zero-order chi connectivity index (χ0) is 12.4. The maximum absolute atomic E-state index is 10.1. The second-order valence-electron chi connectivity index (χ2n) is 4.77. The number of benzene rings is 1. The maximum Gasteiger partial charge on any atom is 0.0922 e. The van der Waals surface area contributed by atoms with Gasteiger partial charge in [0.05, 0.1) is 6.10 Å². The number of aliphatic hydroxyl groups is 1. The summed E-state index contributed by atoms with van der Waals surface area (Å²) in [6.07, 6.45) is 1.88. The van der Waals surface area contributed by atoms with E-state index < -0.39 is 6.10 Å². The Balaban J connectivity index is 1.62. The van der Waals surface area contributed by atoms with Gasteiger partial charge in [0.1, 0.15) is 0 Å². The number of fused-ring (bicyclic) bond motifs is 1. The molecule has 0 spiro atoms. The summed E-state index contributed by atoms with van der Waals surface area (Å²) in [4.78, 5) is 0. The highest BCUT2D eigenvalue weighted by atomic mass is 32.1. The molecule has 1 aromatic carbocycles. The molecule has 2 N–H and O–H groups in total. The van der Waals surface area contributed by atoms with Crippen molar-refractivity contribution in [2.24, 2.45) is 0 Å². The second-order valence-corrected chi connectivity index (χ2v) is 5.55. The standard InChI is InChI=1S/C15H17NOS/c17-15(12-7-8-18-10-12)9-16-14-6-5-11-3-1-2-4-13(11)14/h1-4,7-8,10,14-17H,5-6,9H2. The van der Waals surface area contributed by atoms with Crippen LogP contribution in [0.15, 0.2) is 41.1 Å². The highest BCUT2D eigenvalue weighted by Crippen LogP contribution is 2.31. The number of nitrogens with one attached hydrogen (secondary N) is 1. The van der Waals surface area contributed by atoms with Crippen molar-refractivity contribution in [1.82, 2.24) is 5.32 Å². The first-order valence-electron chi connectivity index (χ1n) is 6.36. The van der Waals surface area contributed by atoms with E-state index in [0.717, 1.165) is 18.4 Å². The third-order valence-corrected chi connectivity index (χ3v) is 4.32. The molecule has 0 bridgehead atoms. The van der Waals surface area contributed by atoms with Gasteiger partial charge in [0.25, 0.3) is 0 Å². The smallest absolute Gasteiger partial charge is 0.0922 e. The van der Waals surface area contributed by atoms with Gasteiger partial charge < -0.3 is 10.4 Å². The van der Waals surface area contributed by atoms with Crippen LogP contribution >= 0.6 is 11.3 Å². The van der Waals surface area contributed by atoms with Gasteiger partial charge in [-0.3, -0.25) is 0 Å². The van der Waals surface area contributed by atoms with Crippen LogP contribution in [0.4, 0.5) is 0 Å². The first kappa shape index (κ1) is 11.9. The van der Waals surface area contributed by atoms with Crippen LogP contribution < -0.4 is 5.32 Å². The first-order chi connectivity index (χ1) is 8.84. The Morgan fingerprint density at radius 1 is 1.33 bits per heavy atom. The fourth-order valence-corrected chi connectivity index (χ4v) is 3.31. The molecule has 94 valence electrons. The molecular formula is C15H17NOS. The van der Waals surface area contributed by atoms with Crippen LogP contribution in [0.2, 0.25) is 0 Å². The third-order valence-electron chi connectivity index (χ3n) is 3.62. The molecule has 1 aliphatic rings. The van der Waals surface area contributed by atoms with Gasteiger partial charge >= 0.3 is 0 Å². The number of thiophene rings is 1. The molecule has 1 aromatic heterocycles. The average Bonchev–Trinajstić information content (AvgIpc) is 3.06. The number of aliphatic hydroxyl groups excluding tert-OH is 1. The van der Waals surface area contributed by atoms with E-state index >= 15 is 0 Å². The van der Waals surface area contributed by atoms with Crippen molar-refractivity contribution in [2.75, 3.05) is 6.54 Å². The molecule has 2 atom stereocenters. The van der Waals surface area contributed by atoms with E-state index in [9.17, 15) is 5.11 Å². The van der Waals surface area contributed by atoms with Crippen LogP contribution in [-0.2, 0) is 6.42 Å². The number of aryl methyl sites for hydroxylation is 1. The van der Waals surface area contributed by atoms with Crippen molar-refractivity contribution in [1.29, 1.82) is 0 Å². The van der Waals surface area contributed by atoms with Crippen LogP contribution in [-0.4, -0.2) is 11.7 Å². The highest BCUT2D eigenvalue weighted by molar-refractivity contribution is 7.07. The number of hydrogen-bond donors (Lipinski definition) is 2. The first-order valence-corrected chi connectivity index (χ1v) is 7.30. The third kappa shape index (κ3) is 2.34. The van der Waals surface area contributed by atoms with Gasteiger partial charge in [-0.15, -0.1) is 0 Å². The summed E-state index contributed by atoms with van der Waals surface area (Å²) in [5.74, 6) is 0.